The number of hydrogen-bond acceptors (Lipinski definition) is 2. The van der Waals surface area contributed by atoms with Crippen LogP contribution in [0.2, 0.25) is 0 Å². The Morgan fingerprint density at radius 3 is 1.79 bits per heavy atom. The lowest BCUT2D eigenvalue weighted by atomic mass is 9.56. The maximum Gasteiger partial charge on any atom is 0.123 e. The molecule has 0 spiro atoms. The fraction of sp³-hybridized carbons (Fsp3) is 0.379. The summed E-state index contributed by atoms with van der Waals surface area (Å²) in [7, 11) is 0. The van der Waals surface area contributed by atoms with Crippen molar-refractivity contribution in [1.29, 1.82) is 0 Å². The van der Waals surface area contributed by atoms with Gasteiger partial charge in [-0.1, -0.05) is 60.7 Å². The maximum atomic E-state index is 13.1. The first-order valence-electron chi connectivity index (χ1n) is 12.1. The number of quaternary nitrogens is 1. The van der Waals surface area contributed by atoms with E-state index in [1.807, 2.05) is 36.4 Å². The Hall–Kier alpha value is -2.21. The molecule has 180 valence electrons. The Morgan fingerprint density at radius 1 is 0.794 bits per heavy atom. The van der Waals surface area contributed by atoms with Crippen LogP contribution in [0, 0.1) is 11.2 Å². The monoisotopic (exact) mass is 525 g/mol. The summed E-state index contributed by atoms with van der Waals surface area (Å²) in [5, 5.41) is 12.4. The van der Waals surface area contributed by atoms with Crippen LogP contribution in [0.4, 0.5) is 4.39 Å². The molecule has 5 heteroatoms. The van der Waals surface area contributed by atoms with Crippen molar-refractivity contribution in [2.45, 2.75) is 31.3 Å². The molecule has 3 aromatic carbocycles. The number of ether oxygens (including phenoxy) is 1. The van der Waals surface area contributed by atoms with Crippen molar-refractivity contribution in [1.82, 2.24) is 0 Å². The van der Waals surface area contributed by atoms with E-state index in [0.29, 0.717) is 6.61 Å². The van der Waals surface area contributed by atoms with Gasteiger partial charge in [-0.05, 0) is 35.4 Å². The summed E-state index contributed by atoms with van der Waals surface area (Å²) in [6.45, 7) is 5.02. The quantitative estimate of drug-likeness (QED) is 0.361. The van der Waals surface area contributed by atoms with Crippen LogP contribution in [0.3, 0.4) is 0 Å². The lowest BCUT2D eigenvalue weighted by molar-refractivity contribution is -0.946. The van der Waals surface area contributed by atoms with Gasteiger partial charge in [0.2, 0.25) is 0 Å². The summed E-state index contributed by atoms with van der Waals surface area (Å²) < 4.78 is 20.0. The fourth-order valence-corrected chi connectivity index (χ4v) is 6.20. The van der Waals surface area contributed by atoms with E-state index in [9.17, 15) is 9.50 Å². The molecule has 3 nitrogen and oxygen atoms in total. The van der Waals surface area contributed by atoms with Crippen molar-refractivity contribution < 1.29 is 35.7 Å². The van der Waals surface area contributed by atoms with Crippen molar-refractivity contribution in [3.8, 4) is 5.75 Å². The van der Waals surface area contributed by atoms with E-state index in [4.69, 9.17) is 4.74 Å². The Labute approximate surface area is 212 Å². The minimum atomic E-state index is -0.974. The van der Waals surface area contributed by atoms with Gasteiger partial charge in [0.1, 0.15) is 17.2 Å². The van der Waals surface area contributed by atoms with Crippen LogP contribution in [0.25, 0.3) is 0 Å². The van der Waals surface area contributed by atoms with Gasteiger partial charge in [-0.2, -0.15) is 0 Å². The van der Waals surface area contributed by atoms with Crippen LogP contribution in [0.15, 0.2) is 84.9 Å². The van der Waals surface area contributed by atoms with E-state index in [1.165, 1.54) is 12.1 Å². The zero-order valence-corrected chi connectivity index (χ0v) is 21.1. The van der Waals surface area contributed by atoms with Crippen LogP contribution >= 0.6 is 0 Å². The lowest BCUT2D eigenvalue weighted by Crippen LogP contribution is -3.00. The van der Waals surface area contributed by atoms with Gasteiger partial charge in [0, 0.05) is 31.1 Å². The largest absolute Gasteiger partial charge is 1.00 e. The Kier molecular flexibility index (Phi) is 7.46. The van der Waals surface area contributed by atoms with E-state index in [0.717, 1.165) is 73.2 Å². The standard InChI is InChI=1S/C29H33FNO2.BrH/c30-26-12-14-27(15-13-26)33-23-7-19-31-20-16-28(17-21-31,18-22-31)29(32,24-8-3-1-4-9-24)25-10-5-2-6-11-25;/h1-6,8-15,32H,7,16-23H2;1H/q+1;/p-1. The lowest BCUT2D eigenvalue weighted by Gasteiger charge is -2.60. The highest BCUT2D eigenvalue weighted by Crippen LogP contribution is 2.57. The summed E-state index contributed by atoms with van der Waals surface area (Å²) in [5.41, 5.74) is 0.898. The van der Waals surface area contributed by atoms with Crippen LogP contribution in [-0.4, -0.2) is 42.4 Å². The highest BCUT2D eigenvalue weighted by atomic mass is 79.9. The van der Waals surface area contributed by atoms with Gasteiger partial charge in [0.05, 0.1) is 32.8 Å². The molecule has 3 aliphatic rings. The molecule has 3 aliphatic heterocycles. The Balaban J connectivity index is 0.00000274. The van der Waals surface area contributed by atoms with Gasteiger partial charge in [-0.3, -0.25) is 0 Å². The van der Waals surface area contributed by atoms with Crippen molar-refractivity contribution in [2.75, 3.05) is 32.8 Å². The number of rotatable bonds is 8. The highest BCUT2D eigenvalue weighted by Gasteiger charge is 2.60. The zero-order chi connectivity index (χ0) is 22.8. The molecule has 34 heavy (non-hydrogen) atoms. The molecule has 6 rings (SSSR count). The number of nitrogens with zero attached hydrogens (tertiary/aromatic N) is 1. The highest BCUT2D eigenvalue weighted by molar-refractivity contribution is 5.39. The van der Waals surface area contributed by atoms with Gasteiger partial charge < -0.3 is 31.3 Å². The molecule has 0 radical (unpaired) electrons. The van der Waals surface area contributed by atoms with E-state index in [-0.39, 0.29) is 28.2 Å². The van der Waals surface area contributed by atoms with Gasteiger partial charge in [-0.25, -0.2) is 4.39 Å². The van der Waals surface area contributed by atoms with Crippen LogP contribution in [0.1, 0.15) is 36.8 Å². The number of benzene rings is 3. The molecular formula is C29H33BrFNO2. The molecule has 2 bridgehead atoms. The summed E-state index contributed by atoms with van der Waals surface area (Å²) in [5.74, 6) is 0.486. The number of aliphatic hydroxyl groups is 1. The molecule has 1 N–H and O–H groups in total. The number of fused-ring (bicyclic) bond motifs is 3. The van der Waals surface area contributed by atoms with Crippen molar-refractivity contribution in [3.05, 3.63) is 102 Å². The molecule has 0 aliphatic carbocycles. The molecular weight excluding hydrogens is 493 g/mol. The molecule has 3 aromatic rings. The summed E-state index contributed by atoms with van der Waals surface area (Å²) in [6, 6.07) is 26.8. The third-order valence-corrected chi connectivity index (χ3v) is 8.20. The van der Waals surface area contributed by atoms with Crippen molar-refractivity contribution in [3.63, 3.8) is 0 Å². The van der Waals surface area contributed by atoms with E-state index in [1.54, 1.807) is 12.1 Å². The molecule has 0 atom stereocenters. The molecule has 0 amide bonds. The van der Waals surface area contributed by atoms with Gasteiger partial charge in [-0.15, -0.1) is 0 Å². The first-order valence-corrected chi connectivity index (χ1v) is 12.1. The second-order valence-corrected chi connectivity index (χ2v) is 9.86. The second-order valence-electron chi connectivity index (χ2n) is 9.86. The maximum absolute atomic E-state index is 13.1. The predicted octanol–water partition coefficient (Wildman–Crippen LogP) is 2.54. The van der Waals surface area contributed by atoms with E-state index < -0.39 is 5.60 Å². The average Bonchev–Trinajstić information content (AvgIpc) is 2.89. The number of halogens is 2. The van der Waals surface area contributed by atoms with Crippen LogP contribution in [0.5, 0.6) is 5.75 Å². The topological polar surface area (TPSA) is 29.5 Å². The summed E-state index contributed by atoms with van der Waals surface area (Å²) in [4.78, 5) is 0. The number of piperidine rings is 3. The smallest absolute Gasteiger partial charge is 0.123 e. The van der Waals surface area contributed by atoms with Crippen molar-refractivity contribution >= 4 is 0 Å². The average molecular weight is 526 g/mol. The van der Waals surface area contributed by atoms with Gasteiger partial charge >= 0.3 is 0 Å². The second kappa shape index (κ2) is 10.2. The molecule has 3 saturated heterocycles. The van der Waals surface area contributed by atoms with Gasteiger partial charge in [0.15, 0.2) is 0 Å². The van der Waals surface area contributed by atoms with Gasteiger partial charge in [0.25, 0.3) is 0 Å². The zero-order valence-electron chi connectivity index (χ0n) is 19.5. The van der Waals surface area contributed by atoms with Crippen molar-refractivity contribution in [2.24, 2.45) is 5.41 Å². The number of hydrogen-bond donors (Lipinski definition) is 1. The van der Waals surface area contributed by atoms with E-state index in [2.05, 4.69) is 24.3 Å². The normalized spacial score (nSPS) is 23.8. The first-order chi connectivity index (χ1) is 16.1. The fourth-order valence-electron chi connectivity index (χ4n) is 6.20. The SMILES string of the molecule is OC(c1ccccc1)(c1ccccc1)C12CC[N+](CCCOc3ccc(F)cc3)(CC1)CC2.[Br-]. The molecule has 0 saturated carbocycles. The Morgan fingerprint density at radius 2 is 1.29 bits per heavy atom. The third kappa shape index (κ3) is 4.53. The molecule has 3 fully saturated rings. The molecule has 0 aromatic heterocycles. The minimum Gasteiger partial charge on any atom is -1.00 e. The third-order valence-electron chi connectivity index (χ3n) is 8.20. The van der Waals surface area contributed by atoms with E-state index >= 15 is 0 Å². The predicted molar refractivity (Wildman–Crippen MR) is 128 cm³/mol. The Bertz CT molecular complexity index is 994. The summed E-state index contributed by atoms with van der Waals surface area (Å²) in [6.07, 6.45) is 4.04. The van der Waals surface area contributed by atoms with Crippen LogP contribution < -0.4 is 21.7 Å². The first kappa shape index (κ1) is 24.9. The minimum absolute atomic E-state index is 0. The molecule has 3 heterocycles. The molecule has 0 unspecified atom stereocenters. The van der Waals surface area contributed by atoms with Crippen LogP contribution in [-0.2, 0) is 5.60 Å². The summed E-state index contributed by atoms with van der Waals surface area (Å²) >= 11 is 0.